The van der Waals surface area contributed by atoms with Gasteiger partial charge in [-0.15, -0.1) is 0 Å². The molecular formula is C23H27NO3. The average Bonchev–Trinajstić information content (AvgIpc) is 2.71. The molecule has 0 radical (unpaired) electrons. The van der Waals surface area contributed by atoms with Gasteiger partial charge < -0.3 is 9.64 Å². The minimum absolute atomic E-state index is 0.0152. The lowest BCUT2D eigenvalue weighted by Gasteiger charge is -2.27. The molecule has 0 unspecified atom stereocenters. The fourth-order valence-electron chi connectivity index (χ4n) is 2.99. The number of anilines is 1. The molecule has 1 aliphatic heterocycles. The summed E-state index contributed by atoms with van der Waals surface area (Å²) in [7, 11) is 1.36. The van der Waals surface area contributed by atoms with Gasteiger partial charge in [0.15, 0.2) is 0 Å². The Labute approximate surface area is 161 Å². The van der Waals surface area contributed by atoms with Gasteiger partial charge in [0, 0.05) is 12.8 Å². The highest BCUT2D eigenvalue weighted by atomic mass is 16.5. The maximum atomic E-state index is 12.9. The van der Waals surface area contributed by atoms with Gasteiger partial charge in [0.05, 0.1) is 19.3 Å². The summed E-state index contributed by atoms with van der Waals surface area (Å²) >= 11 is 0. The molecule has 1 amide bonds. The summed E-state index contributed by atoms with van der Waals surface area (Å²) in [6.07, 6.45) is 5.19. The van der Waals surface area contributed by atoms with Crippen LogP contribution in [0.25, 0.3) is 12.2 Å². The van der Waals surface area contributed by atoms with Crippen LogP contribution >= 0.6 is 0 Å². The van der Waals surface area contributed by atoms with E-state index in [4.69, 9.17) is 0 Å². The number of benzene rings is 2. The normalized spacial score (nSPS) is 13.1. The van der Waals surface area contributed by atoms with E-state index in [9.17, 15) is 9.59 Å². The maximum Gasteiger partial charge on any atom is 0.305 e. The van der Waals surface area contributed by atoms with Crippen molar-refractivity contribution in [2.45, 2.75) is 39.7 Å². The van der Waals surface area contributed by atoms with Crippen molar-refractivity contribution in [2.24, 2.45) is 0 Å². The van der Waals surface area contributed by atoms with Crippen LogP contribution in [-0.4, -0.2) is 19.0 Å². The fraction of sp³-hybridized carbons (Fsp3) is 0.304. The Balaban J connectivity index is 0.00000126. The molecule has 1 heterocycles. The van der Waals surface area contributed by atoms with Crippen molar-refractivity contribution < 1.29 is 14.3 Å². The van der Waals surface area contributed by atoms with Gasteiger partial charge in [0.25, 0.3) is 0 Å². The second-order valence-electron chi connectivity index (χ2n) is 6.00. The number of methoxy groups -OCH3 is 1. The van der Waals surface area contributed by atoms with Crippen LogP contribution in [0.5, 0.6) is 0 Å². The predicted octanol–water partition coefficient (Wildman–Crippen LogP) is 5.07. The first-order valence-corrected chi connectivity index (χ1v) is 9.41. The molecule has 27 heavy (non-hydrogen) atoms. The molecule has 2 aromatic carbocycles. The molecule has 0 bridgehead atoms. The Bertz CT molecular complexity index is 811. The van der Waals surface area contributed by atoms with Crippen LogP contribution in [0, 0.1) is 0 Å². The number of nitrogens with zero attached hydrogens (tertiary/aromatic N) is 1. The summed E-state index contributed by atoms with van der Waals surface area (Å²) in [5, 5.41) is 0. The van der Waals surface area contributed by atoms with Crippen LogP contribution in [0.2, 0.25) is 0 Å². The van der Waals surface area contributed by atoms with Crippen LogP contribution in [0.1, 0.15) is 49.8 Å². The van der Waals surface area contributed by atoms with Gasteiger partial charge in [-0.3, -0.25) is 9.59 Å². The number of para-hydroxylation sites is 1. The van der Waals surface area contributed by atoms with E-state index in [0.717, 1.165) is 22.4 Å². The van der Waals surface area contributed by atoms with E-state index in [0.29, 0.717) is 19.4 Å². The third-order valence-corrected chi connectivity index (χ3v) is 4.35. The molecule has 1 aliphatic rings. The molecule has 4 heteroatoms. The predicted molar refractivity (Wildman–Crippen MR) is 110 cm³/mol. The summed E-state index contributed by atoms with van der Waals surface area (Å²) < 4.78 is 4.64. The molecule has 142 valence electrons. The standard InChI is InChI=1S/C21H21NO3.C2H6/c1-25-21(24)12-6-11-20(23)22-15-18-9-3-2-7-16(18)13-14-17-8-4-5-10-19(17)22;1-2/h2-5,7-10,13-14H,6,11-12,15H2,1H3;1-2H3/b14-13-;. The van der Waals surface area contributed by atoms with E-state index in [1.807, 2.05) is 67.3 Å². The number of ether oxygens (including phenoxy) is 1. The van der Waals surface area contributed by atoms with E-state index >= 15 is 0 Å². The van der Waals surface area contributed by atoms with Crippen molar-refractivity contribution in [1.82, 2.24) is 0 Å². The Kier molecular flexibility index (Phi) is 7.80. The van der Waals surface area contributed by atoms with Crippen LogP contribution < -0.4 is 4.90 Å². The number of carbonyl (C=O) groups is 2. The van der Waals surface area contributed by atoms with E-state index in [-0.39, 0.29) is 18.3 Å². The van der Waals surface area contributed by atoms with Gasteiger partial charge in [0.2, 0.25) is 5.91 Å². The number of fused-ring (bicyclic) bond motifs is 2. The van der Waals surface area contributed by atoms with Crippen molar-refractivity contribution in [3.63, 3.8) is 0 Å². The van der Waals surface area contributed by atoms with Crippen molar-refractivity contribution >= 4 is 29.7 Å². The second kappa shape index (κ2) is 10.3. The molecule has 2 aromatic rings. The third kappa shape index (κ3) is 5.30. The number of hydrogen-bond donors (Lipinski definition) is 0. The summed E-state index contributed by atoms with van der Waals surface area (Å²) in [4.78, 5) is 25.9. The number of hydrogen-bond acceptors (Lipinski definition) is 3. The Morgan fingerprint density at radius 1 is 0.926 bits per heavy atom. The number of carbonyl (C=O) groups excluding carboxylic acids is 2. The summed E-state index contributed by atoms with van der Waals surface area (Å²) in [6.45, 7) is 4.52. The lowest BCUT2D eigenvalue weighted by molar-refractivity contribution is -0.140. The molecule has 0 saturated carbocycles. The largest absolute Gasteiger partial charge is 0.469 e. The van der Waals surface area contributed by atoms with E-state index in [2.05, 4.69) is 16.9 Å². The highest BCUT2D eigenvalue weighted by Crippen LogP contribution is 2.29. The zero-order valence-electron chi connectivity index (χ0n) is 16.3. The SMILES string of the molecule is CC.COC(=O)CCCC(=O)N1Cc2ccccc2/C=C\c2ccccc21. The molecule has 0 N–H and O–H groups in total. The highest BCUT2D eigenvalue weighted by molar-refractivity contribution is 5.97. The van der Waals surface area contributed by atoms with E-state index in [1.54, 1.807) is 0 Å². The van der Waals surface area contributed by atoms with Crippen LogP contribution in [0.4, 0.5) is 5.69 Å². The first-order valence-electron chi connectivity index (χ1n) is 9.41. The maximum absolute atomic E-state index is 12.9. The zero-order valence-corrected chi connectivity index (χ0v) is 16.3. The monoisotopic (exact) mass is 365 g/mol. The lowest BCUT2D eigenvalue weighted by Crippen LogP contribution is -2.31. The van der Waals surface area contributed by atoms with Gasteiger partial charge >= 0.3 is 5.97 Å². The Morgan fingerprint density at radius 2 is 1.56 bits per heavy atom. The van der Waals surface area contributed by atoms with E-state index < -0.39 is 0 Å². The minimum Gasteiger partial charge on any atom is -0.469 e. The fourth-order valence-corrected chi connectivity index (χ4v) is 2.99. The number of amides is 1. The molecule has 0 aliphatic carbocycles. The topological polar surface area (TPSA) is 46.6 Å². The Morgan fingerprint density at radius 3 is 2.30 bits per heavy atom. The Hall–Kier alpha value is -2.88. The average molecular weight is 365 g/mol. The summed E-state index contributed by atoms with van der Waals surface area (Å²) in [5.41, 5.74) is 4.13. The quantitative estimate of drug-likeness (QED) is 0.711. The smallest absolute Gasteiger partial charge is 0.305 e. The van der Waals surface area contributed by atoms with Gasteiger partial charge in [-0.25, -0.2) is 0 Å². The molecule has 0 fully saturated rings. The van der Waals surface area contributed by atoms with Crippen molar-refractivity contribution in [3.8, 4) is 0 Å². The first-order chi connectivity index (χ1) is 13.2. The van der Waals surface area contributed by atoms with Crippen molar-refractivity contribution in [2.75, 3.05) is 12.0 Å². The van der Waals surface area contributed by atoms with E-state index in [1.165, 1.54) is 7.11 Å². The number of rotatable bonds is 4. The zero-order chi connectivity index (χ0) is 19.6. The van der Waals surface area contributed by atoms with Gasteiger partial charge in [-0.2, -0.15) is 0 Å². The van der Waals surface area contributed by atoms with Crippen molar-refractivity contribution in [3.05, 3.63) is 65.2 Å². The molecule has 0 saturated heterocycles. The van der Waals surface area contributed by atoms with Gasteiger partial charge in [-0.1, -0.05) is 68.5 Å². The second-order valence-corrected chi connectivity index (χ2v) is 6.00. The van der Waals surface area contributed by atoms with Gasteiger partial charge in [0.1, 0.15) is 0 Å². The highest BCUT2D eigenvalue weighted by Gasteiger charge is 2.20. The molecule has 0 aromatic heterocycles. The number of esters is 1. The van der Waals surface area contributed by atoms with Crippen LogP contribution in [-0.2, 0) is 20.9 Å². The molecule has 0 spiro atoms. The summed E-state index contributed by atoms with van der Waals surface area (Å²) in [6, 6.07) is 16.0. The molecular weight excluding hydrogens is 338 g/mol. The molecule has 4 nitrogen and oxygen atoms in total. The van der Waals surface area contributed by atoms with Crippen molar-refractivity contribution in [1.29, 1.82) is 0 Å². The van der Waals surface area contributed by atoms with Crippen LogP contribution in [0.15, 0.2) is 48.5 Å². The summed E-state index contributed by atoms with van der Waals surface area (Å²) in [5.74, 6) is -0.268. The lowest BCUT2D eigenvalue weighted by atomic mass is 10.0. The molecule has 0 atom stereocenters. The third-order valence-electron chi connectivity index (χ3n) is 4.35. The minimum atomic E-state index is -0.283. The first kappa shape index (κ1) is 20.4. The molecule has 3 rings (SSSR count). The van der Waals surface area contributed by atoms with Gasteiger partial charge in [-0.05, 0) is 29.2 Å². The van der Waals surface area contributed by atoms with Crippen LogP contribution in [0.3, 0.4) is 0 Å².